The lowest BCUT2D eigenvalue weighted by molar-refractivity contribution is -0.527. The third-order valence-corrected chi connectivity index (χ3v) is 3.81. The van der Waals surface area contributed by atoms with E-state index in [-0.39, 0.29) is 6.42 Å². The van der Waals surface area contributed by atoms with Crippen LogP contribution in [0.15, 0.2) is 28.7 Å². The van der Waals surface area contributed by atoms with E-state index in [1.165, 1.54) is 0 Å². The normalized spacial score (nSPS) is 25.1. The summed E-state index contributed by atoms with van der Waals surface area (Å²) in [6.07, 6.45) is 0.191. The molecule has 2 rings (SSSR count). The molecule has 0 saturated heterocycles. The van der Waals surface area contributed by atoms with E-state index in [2.05, 4.69) is 15.9 Å². The lowest BCUT2D eigenvalue weighted by Gasteiger charge is -2.21. The third kappa shape index (κ3) is 2.70. The van der Waals surface area contributed by atoms with Gasteiger partial charge in [-0.15, -0.1) is 0 Å². The lowest BCUT2D eigenvalue weighted by atomic mass is 10.1. The number of esters is 1. The molecule has 1 aliphatic rings. The van der Waals surface area contributed by atoms with Gasteiger partial charge in [0.1, 0.15) is 5.60 Å². The minimum Gasteiger partial charge on any atom is -0.455 e. The van der Waals surface area contributed by atoms with Gasteiger partial charge in [-0.1, -0.05) is 28.1 Å². The summed E-state index contributed by atoms with van der Waals surface area (Å²) in [5, 5.41) is 11.4. The third-order valence-electron chi connectivity index (χ3n) is 3.28. The molecular weight excluding hydrogens is 326 g/mol. The average Bonchev–Trinajstić information content (AvgIpc) is 3.04. The number of halogens is 1. The standard InChI is InChI=1S/C14H16BrNO4/c1-13(2,3)20-12(17)14(16(18)19)8-11(14)9-4-6-10(15)7-5-9/h4-7,11H,8H2,1-3H3. The highest BCUT2D eigenvalue weighted by molar-refractivity contribution is 9.10. The van der Waals surface area contributed by atoms with Crippen LogP contribution in [0.4, 0.5) is 0 Å². The Labute approximate surface area is 125 Å². The van der Waals surface area contributed by atoms with Gasteiger partial charge in [-0.25, -0.2) is 4.79 Å². The maximum Gasteiger partial charge on any atom is 0.386 e. The Morgan fingerprint density at radius 3 is 2.40 bits per heavy atom. The summed E-state index contributed by atoms with van der Waals surface area (Å²) in [5.41, 5.74) is -1.57. The molecule has 1 aromatic carbocycles. The van der Waals surface area contributed by atoms with Crippen LogP contribution in [0, 0.1) is 10.1 Å². The number of hydrogen-bond donors (Lipinski definition) is 0. The molecule has 0 heterocycles. The van der Waals surface area contributed by atoms with Crippen LogP contribution in [-0.4, -0.2) is 22.0 Å². The SMILES string of the molecule is CC(C)(C)OC(=O)C1([N+](=O)[O-])CC1c1ccc(Br)cc1. The molecule has 108 valence electrons. The highest BCUT2D eigenvalue weighted by atomic mass is 79.9. The van der Waals surface area contributed by atoms with Crippen molar-refractivity contribution in [3.05, 3.63) is 44.4 Å². The van der Waals surface area contributed by atoms with Gasteiger partial charge in [0, 0.05) is 15.8 Å². The predicted octanol–water partition coefficient (Wildman–Crippen LogP) is 3.29. The van der Waals surface area contributed by atoms with Crippen molar-refractivity contribution in [2.75, 3.05) is 0 Å². The van der Waals surface area contributed by atoms with Crippen LogP contribution in [0.3, 0.4) is 0 Å². The molecule has 5 nitrogen and oxygen atoms in total. The first-order valence-corrected chi connectivity index (χ1v) is 7.09. The maximum atomic E-state index is 12.2. The number of rotatable bonds is 3. The second kappa shape index (κ2) is 4.84. The Hall–Kier alpha value is -1.43. The Bertz CT molecular complexity index is 549. The summed E-state index contributed by atoms with van der Waals surface area (Å²) in [6, 6.07) is 7.22. The largest absolute Gasteiger partial charge is 0.455 e. The van der Waals surface area contributed by atoms with Crippen LogP contribution < -0.4 is 0 Å². The molecule has 0 aromatic heterocycles. The predicted molar refractivity (Wildman–Crippen MR) is 77.1 cm³/mol. The van der Waals surface area contributed by atoms with E-state index in [1.54, 1.807) is 32.9 Å². The fourth-order valence-corrected chi connectivity index (χ4v) is 2.47. The van der Waals surface area contributed by atoms with E-state index in [4.69, 9.17) is 4.74 Å². The van der Waals surface area contributed by atoms with Crippen LogP contribution >= 0.6 is 15.9 Å². The molecule has 0 radical (unpaired) electrons. The second-order valence-electron chi connectivity index (χ2n) is 5.99. The Balaban J connectivity index is 2.25. The highest BCUT2D eigenvalue weighted by Gasteiger charge is 2.74. The van der Waals surface area contributed by atoms with Gasteiger partial charge in [0.25, 0.3) is 0 Å². The van der Waals surface area contributed by atoms with Crippen LogP contribution in [0.5, 0.6) is 0 Å². The van der Waals surface area contributed by atoms with E-state index >= 15 is 0 Å². The lowest BCUT2D eigenvalue weighted by Crippen LogP contribution is -2.39. The van der Waals surface area contributed by atoms with Gasteiger partial charge < -0.3 is 4.74 Å². The van der Waals surface area contributed by atoms with Gasteiger partial charge in [0.15, 0.2) is 0 Å². The van der Waals surface area contributed by atoms with Crippen molar-refractivity contribution < 1.29 is 14.5 Å². The maximum absolute atomic E-state index is 12.2. The molecule has 0 amide bonds. The summed E-state index contributed by atoms with van der Waals surface area (Å²) in [6.45, 7) is 5.11. The zero-order valence-electron chi connectivity index (χ0n) is 11.6. The highest BCUT2D eigenvalue weighted by Crippen LogP contribution is 2.55. The van der Waals surface area contributed by atoms with Gasteiger partial charge in [-0.2, -0.15) is 0 Å². The summed E-state index contributed by atoms with van der Waals surface area (Å²) in [4.78, 5) is 23.0. The minimum atomic E-state index is -1.62. The number of hydrogen-bond acceptors (Lipinski definition) is 4. The van der Waals surface area contributed by atoms with E-state index < -0.39 is 28.0 Å². The number of carbonyl (C=O) groups excluding carboxylic acids is 1. The van der Waals surface area contributed by atoms with Crippen molar-refractivity contribution in [2.24, 2.45) is 0 Å². The smallest absolute Gasteiger partial charge is 0.386 e. The van der Waals surface area contributed by atoms with Crippen molar-refractivity contribution in [3.63, 3.8) is 0 Å². The molecule has 2 unspecified atom stereocenters. The first-order chi connectivity index (χ1) is 9.17. The van der Waals surface area contributed by atoms with Crippen molar-refractivity contribution in [1.29, 1.82) is 0 Å². The van der Waals surface area contributed by atoms with Crippen LogP contribution in [-0.2, 0) is 9.53 Å². The topological polar surface area (TPSA) is 69.4 Å². The van der Waals surface area contributed by atoms with Gasteiger partial charge in [0.05, 0.1) is 5.92 Å². The molecule has 0 N–H and O–H groups in total. The molecular formula is C14H16BrNO4. The molecule has 1 saturated carbocycles. The minimum absolute atomic E-state index is 0.191. The van der Waals surface area contributed by atoms with E-state index in [1.807, 2.05) is 12.1 Å². The van der Waals surface area contributed by atoms with Crippen molar-refractivity contribution in [2.45, 2.75) is 44.2 Å². The summed E-state index contributed by atoms with van der Waals surface area (Å²) >= 11 is 3.32. The second-order valence-corrected chi connectivity index (χ2v) is 6.91. The first-order valence-electron chi connectivity index (χ1n) is 6.30. The van der Waals surface area contributed by atoms with E-state index in [0.29, 0.717) is 0 Å². The van der Waals surface area contributed by atoms with Crippen LogP contribution in [0.25, 0.3) is 0 Å². The molecule has 20 heavy (non-hydrogen) atoms. The molecule has 1 fully saturated rings. The monoisotopic (exact) mass is 341 g/mol. The van der Waals surface area contributed by atoms with Gasteiger partial charge in [0.2, 0.25) is 0 Å². The summed E-state index contributed by atoms with van der Waals surface area (Å²) < 4.78 is 6.11. The zero-order valence-corrected chi connectivity index (χ0v) is 13.1. The first kappa shape index (κ1) is 15.0. The number of nitro groups is 1. The molecule has 2 atom stereocenters. The number of nitrogens with zero attached hydrogens (tertiary/aromatic N) is 1. The molecule has 0 spiro atoms. The van der Waals surface area contributed by atoms with Gasteiger partial charge in [-0.05, 0) is 38.5 Å². The molecule has 1 aromatic rings. The Morgan fingerprint density at radius 1 is 1.40 bits per heavy atom. The summed E-state index contributed by atoms with van der Waals surface area (Å²) in [7, 11) is 0. The molecule has 6 heteroatoms. The fourth-order valence-electron chi connectivity index (χ4n) is 2.21. The molecule has 0 aliphatic heterocycles. The molecule has 0 bridgehead atoms. The number of benzene rings is 1. The number of ether oxygens (including phenoxy) is 1. The van der Waals surface area contributed by atoms with E-state index in [0.717, 1.165) is 10.0 Å². The van der Waals surface area contributed by atoms with E-state index in [9.17, 15) is 14.9 Å². The van der Waals surface area contributed by atoms with Gasteiger partial charge in [-0.3, -0.25) is 10.1 Å². The van der Waals surface area contributed by atoms with Crippen LogP contribution in [0.2, 0.25) is 0 Å². The van der Waals surface area contributed by atoms with Crippen molar-refractivity contribution in [3.8, 4) is 0 Å². The Morgan fingerprint density at radius 2 is 1.95 bits per heavy atom. The Kier molecular flexibility index (Phi) is 3.62. The molecule has 1 aliphatic carbocycles. The van der Waals surface area contributed by atoms with Gasteiger partial charge >= 0.3 is 11.5 Å². The van der Waals surface area contributed by atoms with Crippen molar-refractivity contribution in [1.82, 2.24) is 0 Å². The van der Waals surface area contributed by atoms with Crippen molar-refractivity contribution >= 4 is 21.9 Å². The quantitative estimate of drug-likeness (QED) is 0.480. The average molecular weight is 342 g/mol. The van der Waals surface area contributed by atoms with Crippen LogP contribution in [0.1, 0.15) is 38.7 Å². The zero-order chi connectivity index (χ0) is 15.1. The number of carbonyl (C=O) groups is 1. The summed E-state index contributed by atoms with van der Waals surface area (Å²) in [5.74, 6) is -1.16. The fraction of sp³-hybridized carbons (Fsp3) is 0.500.